The van der Waals surface area contributed by atoms with Crippen molar-refractivity contribution < 1.29 is 19.2 Å². The van der Waals surface area contributed by atoms with Gasteiger partial charge in [0.25, 0.3) is 0 Å². The molecule has 2 heterocycles. The van der Waals surface area contributed by atoms with Gasteiger partial charge < -0.3 is 10.6 Å². The minimum Gasteiger partial charge on any atom is -0.354 e. The number of rotatable bonds is 9. The largest absolute Gasteiger partial charge is 0.354 e. The van der Waals surface area contributed by atoms with Gasteiger partial charge in [0.1, 0.15) is 6.04 Å². The Morgan fingerprint density at radius 3 is 2.62 bits per heavy atom. The summed E-state index contributed by atoms with van der Waals surface area (Å²) >= 11 is 0. The van der Waals surface area contributed by atoms with Crippen LogP contribution in [0.15, 0.2) is 30.3 Å². The molecule has 5 unspecified atom stereocenters. The van der Waals surface area contributed by atoms with Crippen molar-refractivity contribution in [2.24, 2.45) is 23.7 Å². The number of amides is 3. The second kappa shape index (κ2) is 15.5. The number of fused-ring (bicyclic) bond motifs is 5. The summed E-state index contributed by atoms with van der Waals surface area (Å²) in [6.07, 6.45) is 10.8. The maximum Gasteiger partial charge on any atom is 0.244 e. The van der Waals surface area contributed by atoms with Crippen LogP contribution in [0.2, 0.25) is 0 Å². The van der Waals surface area contributed by atoms with Crippen LogP contribution in [0.25, 0.3) is 0 Å². The highest BCUT2D eigenvalue weighted by Gasteiger charge is 2.44. The Hall–Kier alpha value is -2.45. The van der Waals surface area contributed by atoms with Crippen LogP contribution in [-0.2, 0) is 25.8 Å². The predicted octanol–water partition coefficient (Wildman–Crippen LogP) is 4.34. The van der Waals surface area contributed by atoms with E-state index >= 15 is 0 Å². The second-order valence-electron chi connectivity index (χ2n) is 12.6. The summed E-state index contributed by atoms with van der Waals surface area (Å²) in [5.41, 5.74) is 3.46. The van der Waals surface area contributed by atoms with E-state index in [0.717, 1.165) is 31.5 Å². The zero-order valence-corrected chi connectivity index (χ0v) is 24.5. The third-order valence-electron chi connectivity index (χ3n) is 8.99. The molecule has 1 aliphatic carbocycles. The standard InChI is InChI=1S/C32H50N4O4/c1-23(2)18-25(20-30(37)35-40-22-24-12-6-5-7-13-24)31(38)34-28-19-26-21-36(29-15-9-8-14-27(26)29)17-11-4-3-10-16-33-32(28)39/h5-7,12-13,23,25-29H,3-4,8-11,14-22H2,1-2H3,(H,33,39)(H,34,38)(H,35,37)/t25-,26?,27?,28?,29?/m1/s1. The van der Waals surface area contributed by atoms with E-state index in [-0.39, 0.29) is 36.7 Å². The minimum absolute atomic E-state index is 0.0229. The molecule has 2 bridgehead atoms. The van der Waals surface area contributed by atoms with E-state index in [1.807, 2.05) is 44.2 Å². The minimum atomic E-state index is -0.576. The third-order valence-corrected chi connectivity index (χ3v) is 8.99. The summed E-state index contributed by atoms with van der Waals surface area (Å²) < 4.78 is 0. The fourth-order valence-corrected chi connectivity index (χ4v) is 7.07. The van der Waals surface area contributed by atoms with Gasteiger partial charge in [-0.05, 0) is 68.4 Å². The van der Waals surface area contributed by atoms with E-state index in [1.165, 1.54) is 38.5 Å². The van der Waals surface area contributed by atoms with Crippen LogP contribution in [0.3, 0.4) is 0 Å². The SMILES string of the molecule is CC(C)C[C@H](CC(=O)NOCc1ccccc1)C(=O)NC1CC2CN(CCCCCCNC1=O)C1CCCCC21. The first kappa shape index (κ1) is 30.5. The maximum absolute atomic E-state index is 13.6. The molecule has 6 atom stereocenters. The highest BCUT2D eigenvalue weighted by atomic mass is 16.6. The summed E-state index contributed by atoms with van der Waals surface area (Å²) in [5, 5.41) is 6.22. The molecule has 4 rings (SSSR count). The van der Waals surface area contributed by atoms with Gasteiger partial charge >= 0.3 is 0 Å². The van der Waals surface area contributed by atoms with Crippen LogP contribution in [-0.4, -0.2) is 54.3 Å². The summed E-state index contributed by atoms with van der Waals surface area (Å²) in [6, 6.07) is 9.66. The number of nitrogens with one attached hydrogen (secondary N) is 3. The van der Waals surface area contributed by atoms with E-state index in [2.05, 4.69) is 21.0 Å². The van der Waals surface area contributed by atoms with Crippen molar-refractivity contribution in [1.29, 1.82) is 0 Å². The quantitative estimate of drug-likeness (QED) is 0.395. The van der Waals surface area contributed by atoms with E-state index in [1.54, 1.807) is 0 Å². The number of carbonyl (C=O) groups is 3. The molecule has 1 aromatic rings. The highest BCUT2D eigenvalue weighted by Crippen LogP contribution is 2.42. The lowest BCUT2D eigenvalue weighted by Gasteiger charge is -2.33. The Balaban J connectivity index is 1.40. The average Bonchev–Trinajstić information content (AvgIpc) is 3.29. The molecule has 1 aromatic carbocycles. The number of benzene rings is 1. The van der Waals surface area contributed by atoms with Crippen LogP contribution in [0.5, 0.6) is 0 Å². The van der Waals surface area contributed by atoms with Gasteiger partial charge in [-0.1, -0.05) is 69.9 Å². The molecule has 0 aromatic heterocycles. The smallest absolute Gasteiger partial charge is 0.244 e. The summed E-state index contributed by atoms with van der Waals surface area (Å²) in [5.74, 6) is 0.0777. The van der Waals surface area contributed by atoms with Gasteiger partial charge in [-0.15, -0.1) is 0 Å². The van der Waals surface area contributed by atoms with Gasteiger partial charge in [-0.3, -0.25) is 24.1 Å². The normalized spacial score (nSPS) is 28.3. The molecule has 3 fully saturated rings. The van der Waals surface area contributed by atoms with Crippen LogP contribution >= 0.6 is 0 Å². The topological polar surface area (TPSA) is 99.8 Å². The van der Waals surface area contributed by atoms with E-state index in [9.17, 15) is 14.4 Å². The number of hydrogen-bond acceptors (Lipinski definition) is 5. The third kappa shape index (κ3) is 9.03. The molecule has 2 saturated heterocycles. The average molecular weight is 555 g/mol. The van der Waals surface area contributed by atoms with Gasteiger partial charge in [0.15, 0.2) is 0 Å². The summed E-state index contributed by atoms with van der Waals surface area (Å²) in [6.45, 7) is 7.16. The van der Waals surface area contributed by atoms with Crippen LogP contribution < -0.4 is 16.1 Å². The summed E-state index contributed by atoms with van der Waals surface area (Å²) in [4.78, 5) is 47.8. The van der Waals surface area contributed by atoms with Crippen molar-refractivity contribution in [3.63, 3.8) is 0 Å². The molecule has 3 N–H and O–H groups in total. The molecule has 8 nitrogen and oxygen atoms in total. The van der Waals surface area contributed by atoms with Gasteiger partial charge in [0, 0.05) is 31.5 Å². The highest BCUT2D eigenvalue weighted by molar-refractivity contribution is 5.90. The first-order valence-electron chi connectivity index (χ1n) is 15.7. The lowest BCUT2D eigenvalue weighted by Crippen LogP contribution is -2.50. The van der Waals surface area contributed by atoms with Crippen molar-refractivity contribution in [2.45, 2.75) is 103 Å². The molecule has 222 valence electrons. The van der Waals surface area contributed by atoms with Gasteiger partial charge in [-0.2, -0.15) is 0 Å². The van der Waals surface area contributed by atoms with Crippen LogP contribution in [0.1, 0.15) is 90.0 Å². The van der Waals surface area contributed by atoms with E-state index in [0.29, 0.717) is 37.3 Å². The molecule has 0 spiro atoms. The fourth-order valence-electron chi connectivity index (χ4n) is 7.07. The molecule has 1 saturated carbocycles. The Morgan fingerprint density at radius 2 is 1.82 bits per heavy atom. The summed E-state index contributed by atoms with van der Waals surface area (Å²) in [7, 11) is 0. The van der Waals surface area contributed by atoms with Crippen LogP contribution in [0, 0.1) is 23.7 Å². The van der Waals surface area contributed by atoms with Crippen molar-refractivity contribution in [3.05, 3.63) is 35.9 Å². The lowest BCUT2D eigenvalue weighted by atomic mass is 9.77. The molecular formula is C32H50N4O4. The number of carbonyl (C=O) groups excluding carboxylic acids is 3. The van der Waals surface area contributed by atoms with Gasteiger partial charge in [0.2, 0.25) is 17.7 Å². The molecule has 0 radical (unpaired) electrons. The molecular weight excluding hydrogens is 504 g/mol. The Kier molecular flexibility index (Phi) is 11.8. The van der Waals surface area contributed by atoms with Gasteiger partial charge in [0.05, 0.1) is 6.61 Å². The Bertz CT molecular complexity index is 955. The molecule has 3 aliphatic rings. The predicted molar refractivity (Wildman–Crippen MR) is 156 cm³/mol. The molecule has 3 amide bonds. The molecule has 2 aliphatic heterocycles. The van der Waals surface area contributed by atoms with Crippen molar-refractivity contribution in [1.82, 2.24) is 21.0 Å². The zero-order valence-electron chi connectivity index (χ0n) is 24.5. The molecule has 40 heavy (non-hydrogen) atoms. The Morgan fingerprint density at radius 1 is 1.05 bits per heavy atom. The lowest BCUT2D eigenvalue weighted by molar-refractivity contribution is -0.139. The van der Waals surface area contributed by atoms with Crippen molar-refractivity contribution in [3.8, 4) is 0 Å². The zero-order chi connectivity index (χ0) is 28.3. The Labute approximate surface area is 240 Å². The van der Waals surface area contributed by atoms with Crippen molar-refractivity contribution >= 4 is 17.7 Å². The maximum atomic E-state index is 13.6. The van der Waals surface area contributed by atoms with Crippen molar-refractivity contribution in [2.75, 3.05) is 19.6 Å². The van der Waals surface area contributed by atoms with E-state index in [4.69, 9.17) is 4.84 Å². The fraction of sp³-hybridized carbons (Fsp3) is 0.719. The first-order chi connectivity index (χ1) is 19.4. The van der Waals surface area contributed by atoms with E-state index < -0.39 is 12.0 Å². The molecule has 8 heteroatoms. The van der Waals surface area contributed by atoms with Gasteiger partial charge in [-0.25, -0.2) is 5.48 Å². The number of hydrogen-bond donors (Lipinski definition) is 3. The number of nitrogens with zero attached hydrogens (tertiary/aromatic N) is 1. The number of hydroxylamine groups is 1. The first-order valence-corrected chi connectivity index (χ1v) is 15.7. The second-order valence-corrected chi connectivity index (χ2v) is 12.6. The monoisotopic (exact) mass is 554 g/mol. The van der Waals surface area contributed by atoms with Crippen LogP contribution in [0.4, 0.5) is 0 Å².